The molecule has 138 valence electrons. The summed E-state index contributed by atoms with van der Waals surface area (Å²) in [6, 6.07) is 10.5. The van der Waals surface area contributed by atoms with Gasteiger partial charge in [0.15, 0.2) is 0 Å². The number of anilines is 4. The van der Waals surface area contributed by atoms with Gasteiger partial charge in [0, 0.05) is 5.02 Å². The van der Waals surface area contributed by atoms with Gasteiger partial charge in [-0.3, -0.25) is 10.1 Å². The number of nitrogens with one attached hydrogen (secondary N) is 2. The Kier molecular flexibility index (Phi) is 5.32. The van der Waals surface area contributed by atoms with Crippen molar-refractivity contribution in [2.24, 2.45) is 0 Å². The summed E-state index contributed by atoms with van der Waals surface area (Å²) in [5.41, 5.74) is -0.0305. The predicted molar refractivity (Wildman–Crippen MR) is 99.7 cm³/mol. The van der Waals surface area contributed by atoms with Gasteiger partial charge >= 0.3 is 5.69 Å². The Balaban J connectivity index is 2.03. The van der Waals surface area contributed by atoms with E-state index < -0.39 is 16.4 Å². The maximum atomic E-state index is 13.9. The average molecular weight is 390 g/mol. The van der Waals surface area contributed by atoms with Gasteiger partial charge in [0.25, 0.3) is 0 Å². The van der Waals surface area contributed by atoms with Gasteiger partial charge in [0.2, 0.25) is 11.6 Å². The summed E-state index contributed by atoms with van der Waals surface area (Å²) < 4.78 is 19.1. The summed E-state index contributed by atoms with van der Waals surface area (Å²) in [6.07, 6.45) is 1.12. The van der Waals surface area contributed by atoms with Crippen molar-refractivity contribution in [3.8, 4) is 5.75 Å². The highest BCUT2D eigenvalue weighted by Gasteiger charge is 2.24. The number of hydrogen-bond donors (Lipinski definition) is 2. The summed E-state index contributed by atoms with van der Waals surface area (Å²) in [5, 5.41) is 17.5. The predicted octanol–water partition coefficient (Wildman–Crippen LogP) is 4.67. The van der Waals surface area contributed by atoms with Gasteiger partial charge in [-0.15, -0.1) is 0 Å². The molecule has 0 amide bonds. The third-order valence-electron chi connectivity index (χ3n) is 3.55. The van der Waals surface area contributed by atoms with Crippen molar-refractivity contribution in [2.75, 3.05) is 17.7 Å². The smallest absolute Gasteiger partial charge is 0.353 e. The number of ether oxygens (including phenoxy) is 1. The summed E-state index contributed by atoms with van der Waals surface area (Å²) in [5.74, 6) is -0.426. The maximum absolute atomic E-state index is 13.9. The maximum Gasteiger partial charge on any atom is 0.353 e. The number of nitrogens with zero attached hydrogens (tertiary/aromatic N) is 3. The van der Waals surface area contributed by atoms with Crippen LogP contribution < -0.4 is 15.4 Å². The molecular weight excluding hydrogens is 377 g/mol. The molecule has 0 fully saturated rings. The van der Waals surface area contributed by atoms with Crippen LogP contribution in [0.3, 0.4) is 0 Å². The summed E-state index contributed by atoms with van der Waals surface area (Å²) >= 11 is 5.98. The third kappa shape index (κ3) is 4.04. The zero-order valence-corrected chi connectivity index (χ0v) is 14.7. The lowest BCUT2D eigenvalue weighted by Gasteiger charge is -2.13. The molecule has 0 saturated carbocycles. The van der Waals surface area contributed by atoms with Gasteiger partial charge < -0.3 is 15.4 Å². The van der Waals surface area contributed by atoms with Gasteiger partial charge in [0.1, 0.15) is 17.9 Å². The first-order valence-electron chi connectivity index (χ1n) is 7.61. The van der Waals surface area contributed by atoms with E-state index in [1.807, 2.05) is 0 Å². The van der Waals surface area contributed by atoms with E-state index in [4.69, 9.17) is 16.3 Å². The minimum absolute atomic E-state index is 0.0468. The second kappa shape index (κ2) is 7.83. The molecule has 0 aliphatic heterocycles. The van der Waals surface area contributed by atoms with Crippen LogP contribution in [-0.2, 0) is 0 Å². The molecule has 27 heavy (non-hydrogen) atoms. The molecule has 2 aromatic carbocycles. The highest BCUT2D eigenvalue weighted by Crippen LogP contribution is 2.36. The van der Waals surface area contributed by atoms with E-state index >= 15 is 0 Å². The van der Waals surface area contributed by atoms with Gasteiger partial charge in [-0.05, 0) is 30.3 Å². The first-order valence-corrected chi connectivity index (χ1v) is 7.99. The number of hydrogen-bond acceptors (Lipinski definition) is 7. The van der Waals surface area contributed by atoms with E-state index in [-0.39, 0.29) is 17.3 Å². The summed E-state index contributed by atoms with van der Waals surface area (Å²) in [4.78, 5) is 18.8. The van der Waals surface area contributed by atoms with Gasteiger partial charge in [-0.25, -0.2) is 14.4 Å². The first-order chi connectivity index (χ1) is 13.0. The minimum atomic E-state index is -0.664. The van der Waals surface area contributed by atoms with E-state index in [2.05, 4.69) is 20.6 Å². The van der Waals surface area contributed by atoms with Crippen molar-refractivity contribution in [1.29, 1.82) is 0 Å². The molecular formula is C17H13ClFN5O3. The van der Waals surface area contributed by atoms with Crippen molar-refractivity contribution in [3.63, 3.8) is 0 Å². The van der Waals surface area contributed by atoms with E-state index in [1.54, 1.807) is 18.2 Å². The minimum Gasteiger partial charge on any atom is -0.495 e. The molecule has 0 spiro atoms. The van der Waals surface area contributed by atoms with Gasteiger partial charge in [-0.2, -0.15) is 0 Å². The van der Waals surface area contributed by atoms with Crippen LogP contribution in [0.4, 0.5) is 33.1 Å². The zero-order valence-electron chi connectivity index (χ0n) is 13.9. The lowest BCUT2D eigenvalue weighted by Crippen LogP contribution is -2.06. The van der Waals surface area contributed by atoms with Crippen molar-refractivity contribution < 1.29 is 14.1 Å². The van der Waals surface area contributed by atoms with Gasteiger partial charge in [-0.1, -0.05) is 23.7 Å². The summed E-state index contributed by atoms with van der Waals surface area (Å²) in [6.45, 7) is 0. The van der Waals surface area contributed by atoms with Crippen LogP contribution in [0.15, 0.2) is 48.8 Å². The molecule has 0 radical (unpaired) electrons. The number of para-hydroxylation sites is 1. The Morgan fingerprint density at radius 2 is 1.78 bits per heavy atom. The Labute approximate surface area is 158 Å². The van der Waals surface area contributed by atoms with Crippen LogP contribution in [0.1, 0.15) is 0 Å². The summed E-state index contributed by atoms with van der Waals surface area (Å²) in [7, 11) is 1.45. The fraction of sp³-hybridized carbons (Fsp3) is 0.0588. The van der Waals surface area contributed by atoms with E-state index in [0.29, 0.717) is 16.5 Å². The normalized spacial score (nSPS) is 10.3. The fourth-order valence-electron chi connectivity index (χ4n) is 2.33. The van der Waals surface area contributed by atoms with E-state index in [1.165, 1.54) is 31.4 Å². The lowest BCUT2D eigenvalue weighted by molar-refractivity contribution is -0.383. The Morgan fingerprint density at radius 3 is 2.41 bits per heavy atom. The second-order valence-corrected chi connectivity index (χ2v) is 5.69. The lowest BCUT2D eigenvalue weighted by atomic mass is 10.2. The van der Waals surface area contributed by atoms with E-state index in [9.17, 15) is 14.5 Å². The molecule has 8 nitrogen and oxygen atoms in total. The number of nitro groups is 1. The number of halogens is 2. The molecule has 10 heteroatoms. The fourth-order valence-corrected chi connectivity index (χ4v) is 2.50. The second-order valence-electron chi connectivity index (χ2n) is 5.25. The number of rotatable bonds is 6. The van der Waals surface area contributed by atoms with Crippen LogP contribution in [-0.4, -0.2) is 22.0 Å². The number of benzene rings is 2. The van der Waals surface area contributed by atoms with Crippen LogP contribution >= 0.6 is 11.6 Å². The Bertz CT molecular complexity index is 1000. The monoisotopic (exact) mass is 389 g/mol. The number of methoxy groups -OCH3 is 1. The van der Waals surface area contributed by atoms with Crippen molar-refractivity contribution in [2.45, 2.75) is 0 Å². The van der Waals surface area contributed by atoms with Crippen LogP contribution in [0.5, 0.6) is 5.75 Å². The third-order valence-corrected chi connectivity index (χ3v) is 3.78. The SMILES string of the molecule is COc1ccc(Cl)cc1Nc1ncnc(Nc2ccccc2F)c1[N+](=O)[O-]. The van der Waals surface area contributed by atoms with Crippen LogP contribution in [0.2, 0.25) is 5.02 Å². The molecule has 0 aliphatic rings. The molecule has 0 unspecified atom stereocenters. The standard InChI is InChI=1S/C17H13ClFN5O3/c1-27-14-7-6-10(18)8-13(14)23-17-15(24(25)26)16(20-9-21-17)22-12-5-3-2-4-11(12)19/h2-9H,1H3,(H2,20,21,22,23). The molecule has 0 aliphatic carbocycles. The molecule has 3 rings (SSSR count). The van der Waals surface area contributed by atoms with Gasteiger partial charge in [0.05, 0.1) is 23.4 Å². The Hall–Kier alpha value is -3.46. The topological polar surface area (TPSA) is 102 Å². The van der Waals surface area contributed by atoms with Crippen molar-refractivity contribution in [1.82, 2.24) is 9.97 Å². The largest absolute Gasteiger partial charge is 0.495 e. The molecule has 3 aromatic rings. The molecule has 1 aromatic heterocycles. The zero-order chi connectivity index (χ0) is 19.4. The van der Waals surface area contributed by atoms with Crippen LogP contribution in [0, 0.1) is 15.9 Å². The molecule has 0 atom stereocenters. The average Bonchev–Trinajstić information content (AvgIpc) is 2.64. The van der Waals surface area contributed by atoms with Crippen molar-refractivity contribution in [3.05, 3.63) is 69.7 Å². The molecule has 2 N–H and O–H groups in total. The molecule has 0 saturated heterocycles. The van der Waals surface area contributed by atoms with E-state index in [0.717, 1.165) is 6.33 Å². The highest BCUT2D eigenvalue weighted by atomic mass is 35.5. The first kappa shape index (κ1) is 18.3. The molecule has 0 bridgehead atoms. The van der Waals surface area contributed by atoms with Crippen LogP contribution in [0.25, 0.3) is 0 Å². The molecule has 1 heterocycles. The quantitative estimate of drug-likeness (QED) is 0.466. The van der Waals surface area contributed by atoms with Crippen molar-refractivity contribution >= 4 is 40.3 Å². The Morgan fingerprint density at radius 1 is 1.11 bits per heavy atom. The highest BCUT2D eigenvalue weighted by molar-refractivity contribution is 6.31. The number of aromatic nitrogens is 2.